The number of rotatable bonds is 7. The average Bonchev–Trinajstić information content (AvgIpc) is 3.22. The van der Waals surface area contributed by atoms with Crippen molar-refractivity contribution in [3.63, 3.8) is 0 Å². The van der Waals surface area contributed by atoms with Gasteiger partial charge in [0.2, 0.25) is 0 Å². The molecule has 0 aliphatic carbocycles. The molecule has 23 heteroatoms. The molecule has 7 heterocycles. The van der Waals surface area contributed by atoms with E-state index in [0.717, 1.165) is 37.0 Å². The highest BCUT2D eigenvalue weighted by Gasteiger charge is 2.39. The van der Waals surface area contributed by atoms with Crippen molar-refractivity contribution in [2.24, 2.45) is 4.99 Å². The van der Waals surface area contributed by atoms with Crippen molar-refractivity contribution in [3.8, 4) is 11.4 Å². The molecule has 0 spiro atoms. The molecule has 4 atom stereocenters. The summed E-state index contributed by atoms with van der Waals surface area (Å²) in [4.78, 5) is 47.7. The standard InChI is InChI=1S/C21H26F3N5O2.C18H18F5N7O/c1-5-15-11-25-7-8-29(15)17-10-14(21(22,23)24)9-16(27-17)12(3)18-13(4)31-20(30)28-19(18)26-6-2;1-8-6-30(3-2-24-8)11-5-9(18(21,22)23)4-10(27-11)13-12-14(15(19)20)28-17(31)29-16(12)26-7-25-13/h6,9-10,13,15,25H,2,5,7-8,11H2,1,3-4H3,(H,26,28,30);4-5,7-8,14-15,24H,2-3,6H2,1H3,(H2,25,26,28,29,31)/b18-12+;/t13?,15-;8-,14?/m10/s1. The van der Waals surface area contributed by atoms with Crippen molar-refractivity contribution < 1.29 is 49.4 Å². The molecule has 0 radical (unpaired) electrons. The molecule has 2 unspecified atom stereocenters. The number of ether oxygens (including phenoxy) is 1. The van der Waals surface area contributed by atoms with Crippen LogP contribution in [0, 0.1) is 0 Å². The van der Waals surface area contributed by atoms with Gasteiger partial charge in [-0.2, -0.15) is 26.3 Å². The summed E-state index contributed by atoms with van der Waals surface area (Å²) in [7, 11) is 0. The van der Waals surface area contributed by atoms with Crippen LogP contribution in [-0.2, 0) is 17.1 Å². The summed E-state index contributed by atoms with van der Waals surface area (Å²) in [5, 5.41) is 13.3. The number of nitrogens with one attached hydrogen (secondary N) is 5. The third-order valence-corrected chi connectivity index (χ3v) is 10.5. The molecule has 3 saturated heterocycles. The molecule has 7 rings (SSSR count). The number of halogens is 8. The van der Waals surface area contributed by atoms with E-state index in [1.165, 1.54) is 6.20 Å². The lowest BCUT2D eigenvalue weighted by molar-refractivity contribution is -0.138. The summed E-state index contributed by atoms with van der Waals surface area (Å²) in [6.45, 7) is 14.0. The maximum atomic E-state index is 13.7. The molecule has 3 amide bonds. The van der Waals surface area contributed by atoms with E-state index in [1.54, 1.807) is 18.7 Å². The van der Waals surface area contributed by atoms with Crippen molar-refractivity contribution in [1.82, 2.24) is 41.2 Å². The number of carbonyl (C=O) groups excluding carboxylic acids is 2. The number of hydrogen-bond acceptors (Lipinski definition) is 12. The molecule has 4 aliphatic heterocycles. The van der Waals surface area contributed by atoms with Crippen LogP contribution >= 0.6 is 0 Å². The summed E-state index contributed by atoms with van der Waals surface area (Å²) >= 11 is 0. The Bertz CT molecular complexity index is 2240. The second-order valence-corrected chi connectivity index (χ2v) is 14.7. The van der Waals surface area contributed by atoms with Gasteiger partial charge < -0.3 is 30.5 Å². The van der Waals surface area contributed by atoms with Gasteiger partial charge in [-0.15, -0.1) is 0 Å². The van der Waals surface area contributed by atoms with Crippen LogP contribution < -0.4 is 36.4 Å². The molecule has 62 heavy (non-hydrogen) atoms. The monoisotopic (exact) mass is 880 g/mol. The van der Waals surface area contributed by atoms with Gasteiger partial charge in [-0.3, -0.25) is 10.6 Å². The SMILES string of the molecule is C=CN=C1NC(=O)OC(C)/C1=C(/C)c1cc(C(F)(F)F)cc(N2CCNC[C@H]2CC)n1.C[C@H]1CN(c2cc(C(F)(F)F)cc(-c3ncnc4c3C(C(F)F)NC(=O)N4)n2)CCN1. The summed E-state index contributed by atoms with van der Waals surface area (Å²) in [6, 6.07) is 1.19. The molecule has 15 nitrogen and oxygen atoms in total. The lowest BCUT2D eigenvalue weighted by Crippen LogP contribution is -2.51. The number of carbonyl (C=O) groups is 2. The number of allylic oxidation sites excluding steroid dienone is 1. The first kappa shape index (κ1) is 45.6. The first-order valence-electron chi connectivity index (χ1n) is 19.5. The van der Waals surface area contributed by atoms with Crippen molar-refractivity contribution in [2.45, 2.75) is 77.1 Å². The Balaban J connectivity index is 0.000000207. The zero-order valence-corrected chi connectivity index (χ0v) is 33.9. The Labute approximate surface area is 350 Å². The van der Waals surface area contributed by atoms with E-state index >= 15 is 0 Å². The van der Waals surface area contributed by atoms with Gasteiger partial charge in [-0.25, -0.2) is 43.3 Å². The fourth-order valence-electron chi connectivity index (χ4n) is 7.51. The van der Waals surface area contributed by atoms with Gasteiger partial charge in [-0.05, 0) is 57.0 Å². The van der Waals surface area contributed by atoms with Gasteiger partial charge >= 0.3 is 24.5 Å². The fraction of sp³-hybridized carbons (Fsp3) is 0.462. The second-order valence-electron chi connectivity index (χ2n) is 14.7. The molecule has 0 bridgehead atoms. The highest BCUT2D eigenvalue weighted by atomic mass is 19.4. The van der Waals surface area contributed by atoms with E-state index < -0.39 is 54.2 Å². The Morgan fingerprint density at radius 2 is 1.69 bits per heavy atom. The smallest absolute Gasteiger partial charge is 0.416 e. The zero-order chi connectivity index (χ0) is 45.1. The van der Waals surface area contributed by atoms with Gasteiger partial charge in [0.1, 0.15) is 41.8 Å². The maximum absolute atomic E-state index is 13.7. The number of aromatic nitrogens is 4. The lowest BCUT2D eigenvalue weighted by Gasteiger charge is -2.37. The molecule has 334 valence electrons. The number of nitrogens with zero attached hydrogens (tertiary/aromatic N) is 7. The number of urea groups is 1. The Morgan fingerprint density at radius 3 is 2.35 bits per heavy atom. The van der Waals surface area contributed by atoms with E-state index in [-0.39, 0.29) is 58.0 Å². The van der Waals surface area contributed by atoms with Crippen molar-refractivity contribution in [1.29, 1.82) is 0 Å². The Kier molecular flexibility index (Phi) is 13.6. The molecule has 3 fully saturated rings. The van der Waals surface area contributed by atoms with Crippen molar-refractivity contribution >= 4 is 41.0 Å². The van der Waals surface area contributed by atoms with Crippen LogP contribution in [0.1, 0.15) is 62.5 Å². The molecule has 4 aliphatic rings. The van der Waals surface area contributed by atoms with Crippen LogP contribution in [0.5, 0.6) is 0 Å². The number of piperazine rings is 2. The minimum atomic E-state index is -4.69. The van der Waals surface area contributed by atoms with Crippen molar-refractivity contribution in [3.05, 3.63) is 71.3 Å². The first-order valence-corrected chi connectivity index (χ1v) is 19.5. The third kappa shape index (κ3) is 10.2. The van der Waals surface area contributed by atoms with Crippen LogP contribution in [0.2, 0.25) is 0 Å². The van der Waals surface area contributed by atoms with Crippen LogP contribution in [0.3, 0.4) is 0 Å². The molecule has 3 aromatic heterocycles. The van der Waals surface area contributed by atoms with E-state index in [4.69, 9.17) is 4.74 Å². The average molecular weight is 881 g/mol. The number of amides is 3. The molecular formula is C39H44F8N12O3. The van der Waals surface area contributed by atoms with Crippen LogP contribution in [0.4, 0.5) is 62.2 Å². The number of fused-ring (bicyclic) bond motifs is 1. The fourth-order valence-corrected chi connectivity index (χ4v) is 7.51. The number of pyridine rings is 2. The number of alkyl carbamates (subject to hydrolysis) is 1. The number of anilines is 3. The summed E-state index contributed by atoms with van der Waals surface area (Å²) in [5.41, 5.74) is -1.39. The summed E-state index contributed by atoms with van der Waals surface area (Å²) in [6.07, 6.45) is -10.7. The van der Waals surface area contributed by atoms with Gasteiger partial charge in [0.05, 0.1) is 33.8 Å². The summed E-state index contributed by atoms with van der Waals surface area (Å²) < 4.78 is 115. The van der Waals surface area contributed by atoms with Gasteiger partial charge in [0, 0.05) is 63.1 Å². The normalized spacial score (nSPS) is 23.3. The van der Waals surface area contributed by atoms with E-state index in [1.807, 2.05) is 18.7 Å². The number of cyclic esters (lactones) is 1. The highest BCUT2D eigenvalue weighted by Crippen LogP contribution is 2.40. The van der Waals surface area contributed by atoms with E-state index in [9.17, 15) is 44.7 Å². The van der Waals surface area contributed by atoms with Crippen LogP contribution in [-0.4, -0.2) is 102 Å². The quantitative estimate of drug-likeness (QED) is 0.163. The Morgan fingerprint density at radius 1 is 0.984 bits per heavy atom. The van der Waals surface area contributed by atoms with Gasteiger partial charge in [0.15, 0.2) is 0 Å². The first-order chi connectivity index (χ1) is 29.3. The lowest BCUT2D eigenvalue weighted by atomic mass is 9.98. The highest BCUT2D eigenvalue weighted by molar-refractivity contribution is 6.13. The number of amidine groups is 1. The minimum absolute atomic E-state index is 0.0305. The van der Waals surface area contributed by atoms with E-state index in [0.29, 0.717) is 50.4 Å². The zero-order valence-electron chi connectivity index (χ0n) is 33.9. The second kappa shape index (κ2) is 18.6. The van der Waals surface area contributed by atoms with E-state index in [2.05, 4.69) is 58.1 Å². The molecule has 3 aromatic rings. The molecule has 0 saturated carbocycles. The minimum Gasteiger partial charge on any atom is -0.441 e. The van der Waals surface area contributed by atoms with Crippen LogP contribution in [0.15, 0.2) is 53.9 Å². The number of aliphatic imine (C=N–C) groups is 1. The Hall–Kier alpha value is -5.97. The number of alkyl halides is 8. The van der Waals surface area contributed by atoms with Gasteiger partial charge in [-0.1, -0.05) is 13.5 Å². The number of hydrogen-bond donors (Lipinski definition) is 5. The third-order valence-electron chi connectivity index (χ3n) is 10.5. The predicted molar refractivity (Wildman–Crippen MR) is 214 cm³/mol. The molecule has 5 N–H and O–H groups in total. The topological polar surface area (TPSA) is 174 Å². The molecular weight excluding hydrogens is 836 g/mol. The predicted octanol–water partition coefficient (Wildman–Crippen LogP) is 6.53. The van der Waals surface area contributed by atoms with Gasteiger partial charge in [0.25, 0.3) is 6.43 Å². The largest absolute Gasteiger partial charge is 0.441 e. The summed E-state index contributed by atoms with van der Waals surface area (Å²) in [5.74, 6) is 0.321. The molecule has 0 aromatic carbocycles. The maximum Gasteiger partial charge on any atom is 0.416 e. The van der Waals surface area contributed by atoms with Crippen molar-refractivity contribution in [2.75, 3.05) is 54.4 Å². The van der Waals surface area contributed by atoms with Crippen LogP contribution in [0.25, 0.3) is 17.0 Å².